The SMILES string of the molecule is C\C=C(/C=C(CN(C)C)\C(F)=C\C(F)(F)F)NC(=O)c1ccc(C)c(N(N)/C=C(\N)c2cnc3[nH]ccc3c2)c1. The molecule has 0 saturated carbocycles. The lowest BCUT2D eigenvalue weighted by Crippen LogP contribution is -2.28. The quantitative estimate of drug-likeness (QED) is 0.127. The average molecular weight is 558 g/mol. The summed E-state index contributed by atoms with van der Waals surface area (Å²) in [6.07, 6.45) is 2.26. The van der Waals surface area contributed by atoms with Crippen molar-refractivity contribution in [3.63, 3.8) is 0 Å². The number of rotatable bonds is 9. The summed E-state index contributed by atoms with van der Waals surface area (Å²) < 4.78 is 52.6. The topological polar surface area (TPSA) is 116 Å². The van der Waals surface area contributed by atoms with Gasteiger partial charge in [0.2, 0.25) is 0 Å². The van der Waals surface area contributed by atoms with E-state index in [4.69, 9.17) is 11.6 Å². The highest BCUT2D eigenvalue weighted by molar-refractivity contribution is 5.96. The van der Waals surface area contributed by atoms with Gasteiger partial charge in [0.1, 0.15) is 11.5 Å². The Labute approximate surface area is 229 Å². The molecule has 1 amide bonds. The van der Waals surface area contributed by atoms with Crippen molar-refractivity contribution in [2.24, 2.45) is 11.6 Å². The molecular weight excluding hydrogens is 526 g/mol. The van der Waals surface area contributed by atoms with Gasteiger partial charge in [-0.05, 0) is 63.8 Å². The number of benzene rings is 1. The van der Waals surface area contributed by atoms with Gasteiger partial charge in [0, 0.05) is 52.9 Å². The van der Waals surface area contributed by atoms with Gasteiger partial charge in [0.25, 0.3) is 5.91 Å². The molecule has 3 aromatic rings. The number of hydrogen-bond donors (Lipinski definition) is 4. The molecule has 0 bridgehead atoms. The minimum absolute atomic E-state index is 0.121. The number of carbonyl (C=O) groups is 1. The summed E-state index contributed by atoms with van der Waals surface area (Å²) in [5.41, 5.74) is 9.29. The molecule has 0 fully saturated rings. The molecule has 0 aliphatic carbocycles. The maximum absolute atomic E-state index is 14.4. The number of aromatic amines is 1. The first kappa shape index (κ1) is 30.1. The monoisotopic (exact) mass is 557 g/mol. The van der Waals surface area contributed by atoms with Crippen molar-refractivity contribution in [3.8, 4) is 0 Å². The summed E-state index contributed by atoms with van der Waals surface area (Å²) in [6.45, 7) is 3.25. The number of fused-ring (bicyclic) bond motifs is 1. The Bertz CT molecular complexity index is 1500. The standard InChI is InChI=1S/C28H31F4N7O/c1-5-22(11-21(15-38(3)4)23(29)13-28(30,31)32)37-27(40)19-7-6-17(2)25(12-19)39(34)16-24(33)20-10-18-8-9-35-26(18)36-14-20/h5-14,16H,15,33-34H2,1-4H3,(H,35,36)(H,37,40)/b21-11-,22-5+,23-13-,24-16-. The number of allylic oxidation sites excluding steroid dienone is 3. The van der Waals surface area contributed by atoms with Crippen LogP contribution in [0.4, 0.5) is 23.2 Å². The van der Waals surface area contributed by atoms with E-state index < -0.39 is 24.0 Å². The normalized spacial score (nSPS) is 13.8. The van der Waals surface area contributed by atoms with E-state index in [0.717, 1.165) is 16.6 Å². The molecule has 0 aliphatic heterocycles. The smallest absolute Gasteiger partial charge is 0.397 e. The van der Waals surface area contributed by atoms with E-state index in [9.17, 15) is 22.4 Å². The summed E-state index contributed by atoms with van der Waals surface area (Å²) in [7, 11) is 3.18. The summed E-state index contributed by atoms with van der Waals surface area (Å²) in [5.74, 6) is 4.26. The largest absolute Gasteiger partial charge is 0.412 e. The second kappa shape index (κ2) is 12.6. The highest BCUT2D eigenvalue weighted by atomic mass is 19.4. The number of alkyl halides is 3. The van der Waals surface area contributed by atoms with Gasteiger partial charge < -0.3 is 20.9 Å². The van der Waals surface area contributed by atoms with Crippen LogP contribution in [0, 0.1) is 6.92 Å². The number of hydrogen-bond acceptors (Lipinski definition) is 6. The number of nitrogens with two attached hydrogens (primary N) is 2. The number of likely N-dealkylation sites (N-methyl/N-ethyl adjacent to an activating group) is 1. The fourth-order valence-electron chi connectivity index (χ4n) is 3.77. The van der Waals surface area contributed by atoms with Crippen LogP contribution in [0.5, 0.6) is 0 Å². The van der Waals surface area contributed by atoms with E-state index in [1.807, 2.05) is 12.1 Å². The van der Waals surface area contributed by atoms with E-state index in [0.29, 0.717) is 16.9 Å². The van der Waals surface area contributed by atoms with Crippen molar-refractivity contribution in [2.75, 3.05) is 25.6 Å². The third-order valence-electron chi connectivity index (χ3n) is 5.74. The lowest BCUT2D eigenvalue weighted by molar-refractivity contribution is -0.0812. The molecular formula is C28H31F4N7O. The number of carbonyl (C=O) groups excluding carboxylic acids is 1. The van der Waals surface area contributed by atoms with Crippen LogP contribution >= 0.6 is 0 Å². The minimum Gasteiger partial charge on any atom is -0.397 e. The zero-order chi connectivity index (χ0) is 29.6. The van der Waals surface area contributed by atoms with Gasteiger partial charge in [-0.3, -0.25) is 9.80 Å². The molecule has 8 nitrogen and oxygen atoms in total. The van der Waals surface area contributed by atoms with Gasteiger partial charge in [-0.25, -0.2) is 15.2 Å². The summed E-state index contributed by atoms with van der Waals surface area (Å²) in [6, 6.07) is 8.53. The average Bonchev–Trinajstić information content (AvgIpc) is 3.34. The number of anilines is 1. The molecule has 0 radical (unpaired) electrons. The first-order valence-corrected chi connectivity index (χ1v) is 12.1. The molecule has 1 aromatic carbocycles. The van der Waals surface area contributed by atoms with Gasteiger partial charge in [0.05, 0.1) is 17.5 Å². The van der Waals surface area contributed by atoms with Crippen LogP contribution in [0.2, 0.25) is 0 Å². The van der Waals surface area contributed by atoms with Crippen molar-refractivity contribution >= 4 is 28.3 Å². The molecule has 0 unspecified atom stereocenters. The van der Waals surface area contributed by atoms with Crippen LogP contribution in [0.1, 0.15) is 28.4 Å². The van der Waals surface area contributed by atoms with E-state index in [1.54, 1.807) is 58.5 Å². The molecule has 6 N–H and O–H groups in total. The highest BCUT2D eigenvalue weighted by Crippen LogP contribution is 2.25. The summed E-state index contributed by atoms with van der Waals surface area (Å²) >= 11 is 0. The molecule has 0 atom stereocenters. The Balaban J connectivity index is 1.85. The second-order valence-electron chi connectivity index (χ2n) is 9.27. The molecule has 0 spiro atoms. The van der Waals surface area contributed by atoms with Crippen LogP contribution in [0.25, 0.3) is 16.7 Å². The lowest BCUT2D eigenvalue weighted by Gasteiger charge is -2.19. The Morgan fingerprint density at radius 2 is 1.90 bits per heavy atom. The van der Waals surface area contributed by atoms with E-state index >= 15 is 0 Å². The zero-order valence-corrected chi connectivity index (χ0v) is 22.5. The number of nitrogens with one attached hydrogen (secondary N) is 2. The Morgan fingerprint density at radius 3 is 2.55 bits per heavy atom. The number of aromatic nitrogens is 2. The van der Waals surface area contributed by atoms with Crippen molar-refractivity contribution < 1.29 is 22.4 Å². The number of aryl methyl sites for hydroxylation is 1. The molecule has 12 heteroatoms. The van der Waals surface area contributed by atoms with Gasteiger partial charge in [0.15, 0.2) is 0 Å². The predicted molar refractivity (Wildman–Crippen MR) is 149 cm³/mol. The van der Waals surface area contributed by atoms with Gasteiger partial charge in [-0.2, -0.15) is 13.2 Å². The second-order valence-corrected chi connectivity index (χ2v) is 9.27. The molecule has 0 aliphatic rings. The summed E-state index contributed by atoms with van der Waals surface area (Å²) in [5, 5.41) is 4.77. The number of H-pyrrole nitrogens is 1. The maximum atomic E-state index is 14.4. The molecule has 212 valence electrons. The number of halogens is 4. The van der Waals surface area contributed by atoms with Crippen molar-refractivity contribution in [2.45, 2.75) is 20.0 Å². The molecule has 2 aromatic heterocycles. The molecule has 0 saturated heterocycles. The maximum Gasteiger partial charge on any atom is 0.412 e. The number of hydrazine groups is 1. The molecule has 40 heavy (non-hydrogen) atoms. The van der Waals surface area contributed by atoms with Crippen molar-refractivity contribution in [3.05, 3.63) is 101 Å². The van der Waals surface area contributed by atoms with Crippen LogP contribution in [-0.4, -0.2) is 47.6 Å². The Kier molecular flexibility index (Phi) is 9.51. The first-order valence-electron chi connectivity index (χ1n) is 12.1. The van der Waals surface area contributed by atoms with Gasteiger partial charge in [-0.15, -0.1) is 0 Å². The predicted octanol–water partition coefficient (Wildman–Crippen LogP) is 5.05. The molecule has 2 heterocycles. The van der Waals surface area contributed by atoms with Crippen LogP contribution in [0.3, 0.4) is 0 Å². The Morgan fingerprint density at radius 1 is 1.18 bits per heavy atom. The first-order chi connectivity index (χ1) is 18.8. The number of nitrogens with zero attached hydrogens (tertiary/aromatic N) is 3. The van der Waals surface area contributed by atoms with Crippen LogP contribution < -0.4 is 21.9 Å². The van der Waals surface area contributed by atoms with Crippen molar-refractivity contribution in [1.82, 2.24) is 20.2 Å². The Hall–Kier alpha value is -4.42. The van der Waals surface area contributed by atoms with E-state index in [1.165, 1.54) is 28.3 Å². The van der Waals surface area contributed by atoms with Gasteiger partial charge in [-0.1, -0.05) is 12.1 Å². The van der Waals surface area contributed by atoms with Crippen molar-refractivity contribution in [1.29, 1.82) is 0 Å². The fraction of sp³-hybridized carbons (Fsp3) is 0.214. The van der Waals surface area contributed by atoms with E-state index in [2.05, 4.69) is 15.3 Å². The lowest BCUT2D eigenvalue weighted by atomic mass is 10.1. The fourth-order valence-corrected chi connectivity index (χ4v) is 3.77. The van der Waals surface area contributed by atoms with Crippen LogP contribution in [-0.2, 0) is 0 Å². The third kappa shape index (κ3) is 8.04. The van der Waals surface area contributed by atoms with Gasteiger partial charge >= 0.3 is 6.18 Å². The zero-order valence-electron chi connectivity index (χ0n) is 22.5. The minimum atomic E-state index is -4.83. The van der Waals surface area contributed by atoms with Crippen LogP contribution in [0.15, 0.2) is 84.3 Å². The van der Waals surface area contributed by atoms with E-state index in [-0.39, 0.29) is 23.4 Å². The third-order valence-corrected chi connectivity index (χ3v) is 5.74. The highest BCUT2D eigenvalue weighted by Gasteiger charge is 2.26. The number of pyridine rings is 1. The molecule has 3 rings (SSSR count). The number of amides is 1. The summed E-state index contributed by atoms with van der Waals surface area (Å²) in [4.78, 5) is 21.9.